The maximum absolute atomic E-state index is 5.28. The number of hydrogen-bond acceptors (Lipinski definition) is 1. The van der Waals surface area contributed by atoms with Crippen LogP contribution in [0, 0.1) is 6.92 Å². The highest BCUT2D eigenvalue weighted by molar-refractivity contribution is 5.60. The third-order valence-electron chi connectivity index (χ3n) is 4.98. The highest BCUT2D eigenvalue weighted by Gasteiger charge is 2.28. The minimum Gasteiger partial charge on any atom is -0.497 e. The van der Waals surface area contributed by atoms with Gasteiger partial charge in [-0.3, -0.25) is 0 Å². The lowest BCUT2D eigenvalue weighted by molar-refractivity contribution is -0.694. The van der Waals surface area contributed by atoms with Gasteiger partial charge in [-0.2, -0.15) is 0 Å². The molecule has 0 unspecified atom stereocenters. The van der Waals surface area contributed by atoms with Crippen LogP contribution in [0.2, 0.25) is 0 Å². The van der Waals surface area contributed by atoms with Crippen LogP contribution in [-0.4, -0.2) is 11.7 Å². The van der Waals surface area contributed by atoms with E-state index >= 15 is 0 Å². The van der Waals surface area contributed by atoms with Gasteiger partial charge in [-0.1, -0.05) is 24.3 Å². The van der Waals surface area contributed by atoms with Crippen LogP contribution < -0.4 is 9.30 Å². The van der Waals surface area contributed by atoms with Crippen LogP contribution in [-0.2, 0) is 19.5 Å². The molecule has 1 aliphatic heterocycles. The van der Waals surface area contributed by atoms with E-state index in [9.17, 15) is 0 Å². The fourth-order valence-electron chi connectivity index (χ4n) is 3.61. The van der Waals surface area contributed by atoms with Gasteiger partial charge in [-0.05, 0) is 48.7 Å². The Morgan fingerprint density at radius 1 is 1.08 bits per heavy atom. The van der Waals surface area contributed by atoms with Crippen molar-refractivity contribution in [3.05, 3.63) is 71.7 Å². The average molecular weight is 319 g/mol. The summed E-state index contributed by atoms with van der Waals surface area (Å²) in [6.45, 7) is 4.24. The van der Waals surface area contributed by atoms with Gasteiger partial charge >= 0.3 is 0 Å². The highest BCUT2D eigenvalue weighted by atomic mass is 16.5. The van der Waals surface area contributed by atoms with Crippen LogP contribution in [0.15, 0.2) is 54.7 Å². The molecule has 122 valence electrons. The number of fused-ring (bicyclic) bond motifs is 1. The van der Waals surface area contributed by atoms with Gasteiger partial charge in [0, 0.05) is 5.56 Å². The number of hydrogen-bond donors (Lipinski definition) is 0. The van der Waals surface area contributed by atoms with Crippen LogP contribution in [0.1, 0.15) is 23.4 Å². The molecule has 2 heterocycles. The fourth-order valence-corrected chi connectivity index (χ4v) is 3.61. The zero-order valence-electron chi connectivity index (χ0n) is 14.3. The molecule has 0 bridgehead atoms. The first-order valence-corrected chi connectivity index (χ1v) is 8.57. The molecule has 1 aliphatic rings. The largest absolute Gasteiger partial charge is 0.497 e. The Morgan fingerprint density at radius 3 is 2.62 bits per heavy atom. The molecule has 3 nitrogen and oxygen atoms in total. The van der Waals surface area contributed by atoms with Crippen molar-refractivity contribution in [2.45, 2.75) is 32.9 Å². The maximum atomic E-state index is 5.28. The van der Waals surface area contributed by atoms with Gasteiger partial charge in [0.15, 0.2) is 5.69 Å². The molecule has 0 atom stereocenters. The summed E-state index contributed by atoms with van der Waals surface area (Å²) in [7, 11) is 1.71. The molecular formula is C21H23N2O+. The number of aromatic nitrogens is 2. The lowest BCUT2D eigenvalue weighted by atomic mass is 10.1. The summed E-state index contributed by atoms with van der Waals surface area (Å²) in [6, 6.07) is 17.0. The molecule has 0 fully saturated rings. The van der Waals surface area contributed by atoms with Gasteiger partial charge in [0.2, 0.25) is 0 Å². The predicted molar refractivity (Wildman–Crippen MR) is 95.2 cm³/mol. The summed E-state index contributed by atoms with van der Waals surface area (Å²) in [4.78, 5) is 0. The van der Waals surface area contributed by atoms with E-state index in [0.29, 0.717) is 0 Å². The molecule has 3 heteroatoms. The lowest BCUT2D eigenvalue weighted by Gasteiger charge is -2.03. The van der Waals surface area contributed by atoms with Gasteiger partial charge < -0.3 is 4.74 Å². The smallest absolute Gasteiger partial charge is 0.257 e. The molecule has 0 saturated carbocycles. The second-order valence-corrected chi connectivity index (χ2v) is 6.47. The highest BCUT2D eigenvalue weighted by Crippen LogP contribution is 2.26. The first kappa shape index (κ1) is 15.0. The third kappa shape index (κ3) is 2.60. The molecular weight excluding hydrogens is 296 g/mol. The molecule has 1 aromatic heterocycles. The van der Waals surface area contributed by atoms with Crippen LogP contribution in [0.5, 0.6) is 5.75 Å². The van der Waals surface area contributed by atoms with Crippen molar-refractivity contribution in [3.8, 4) is 17.0 Å². The number of imidazole rings is 1. The minimum absolute atomic E-state index is 0.903. The molecule has 0 spiro atoms. The maximum Gasteiger partial charge on any atom is 0.257 e. The van der Waals surface area contributed by atoms with Gasteiger partial charge in [0.05, 0.1) is 20.1 Å². The molecule has 4 rings (SSSR count). The van der Waals surface area contributed by atoms with E-state index in [1.807, 2.05) is 12.1 Å². The summed E-state index contributed by atoms with van der Waals surface area (Å²) >= 11 is 0. The SMILES string of the molecule is COc1ccc(-c2c[n+](Cc3ccccc3C)c3n2CCC3)cc1. The summed E-state index contributed by atoms with van der Waals surface area (Å²) in [5.41, 5.74) is 5.30. The normalized spacial score (nSPS) is 13.1. The molecule has 0 saturated heterocycles. The number of methoxy groups -OCH3 is 1. The van der Waals surface area contributed by atoms with E-state index in [4.69, 9.17) is 4.74 Å². The number of rotatable bonds is 4. The molecule has 24 heavy (non-hydrogen) atoms. The van der Waals surface area contributed by atoms with E-state index in [1.165, 1.54) is 34.6 Å². The van der Waals surface area contributed by atoms with Crippen LogP contribution >= 0.6 is 0 Å². The number of nitrogens with zero attached hydrogens (tertiary/aromatic N) is 2. The number of ether oxygens (including phenoxy) is 1. The molecule has 3 aromatic rings. The van der Waals surface area contributed by atoms with Gasteiger partial charge in [0.25, 0.3) is 5.82 Å². The van der Waals surface area contributed by atoms with Crippen LogP contribution in [0.25, 0.3) is 11.3 Å². The Balaban J connectivity index is 1.73. The van der Waals surface area contributed by atoms with Crippen molar-refractivity contribution in [1.82, 2.24) is 4.57 Å². The predicted octanol–water partition coefficient (Wildman–Crippen LogP) is 3.75. The van der Waals surface area contributed by atoms with Crippen molar-refractivity contribution in [1.29, 1.82) is 0 Å². The van der Waals surface area contributed by atoms with Crippen molar-refractivity contribution in [3.63, 3.8) is 0 Å². The van der Waals surface area contributed by atoms with Crippen molar-refractivity contribution >= 4 is 0 Å². The third-order valence-corrected chi connectivity index (χ3v) is 4.98. The van der Waals surface area contributed by atoms with Gasteiger partial charge in [-0.25, -0.2) is 9.13 Å². The van der Waals surface area contributed by atoms with E-state index in [-0.39, 0.29) is 0 Å². The van der Waals surface area contributed by atoms with Crippen molar-refractivity contribution < 1.29 is 9.30 Å². The Bertz CT molecular complexity index is 862. The Kier molecular flexibility index (Phi) is 3.85. The quantitative estimate of drug-likeness (QED) is 0.670. The monoisotopic (exact) mass is 319 g/mol. The minimum atomic E-state index is 0.903. The second kappa shape index (κ2) is 6.16. The standard InChI is InChI=1S/C21H23N2O/c1-16-6-3-4-7-18(16)14-22-15-20(23-13-5-8-21(22)23)17-9-11-19(24-2)12-10-17/h3-4,6-7,9-12,15H,5,8,13-14H2,1-2H3/q+1. The topological polar surface area (TPSA) is 18.0 Å². The number of benzene rings is 2. The van der Waals surface area contributed by atoms with E-state index < -0.39 is 0 Å². The molecule has 0 aliphatic carbocycles. The summed E-state index contributed by atoms with van der Waals surface area (Å²) in [5, 5.41) is 0. The summed E-state index contributed by atoms with van der Waals surface area (Å²) < 4.78 is 10.2. The zero-order chi connectivity index (χ0) is 16.5. The van der Waals surface area contributed by atoms with Crippen LogP contribution in [0.3, 0.4) is 0 Å². The first-order valence-electron chi connectivity index (χ1n) is 8.57. The van der Waals surface area contributed by atoms with Crippen molar-refractivity contribution in [2.24, 2.45) is 0 Å². The molecule has 0 radical (unpaired) electrons. The van der Waals surface area contributed by atoms with E-state index in [1.54, 1.807) is 7.11 Å². The second-order valence-electron chi connectivity index (χ2n) is 6.47. The fraction of sp³-hybridized carbons (Fsp3) is 0.286. The summed E-state index contributed by atoms with van der Waals surface area (Å²) in [5.74, 6) is 2.34. The van der Waals surface area contributed by atoms with Crippen LogP contribution in [0.4, 0.5) is 0 Å². The van der Waals surface area contributed by atoms with Gasteiger partial charge in [0.1, 0.15) is 18.5 Å². The van der Waals surface area contributed by atoms with E-state index in [0.717, 1.165) is 25.3 Å². The summed E-state index contributed by atoms with van der Waals surface area (Å²) in [6.07, 6.45) is 4.69. The van der Waals surface area contributed by atoms with E-state index in [2.05, 4.69) is 58.7 Å². The van der Waals surface area contributed by atoms with Crippen molar-refractivity contribution in [2.75, 3.05) is 7.11 Å². The molecule has 0 N–H and O–H groups in total. The Hall–Kier alpha value is -2.55. The molecule has 2 aromatic carbocycles. The first-order chi connectivity index (χ1) is 11.8. The van der Waals surface area contributed by atoms with Gasteiger partial charge in [-0.15, -0.1) is 0 Å². The lowest BCUT2D eigenvalue weighted by Crippen LogP contribution is -2.36. The average Bonchev–Trinajstić information content (AvgIpc) is 3.21. The number of aryl methyl sites for hydroxylation is 1. The zero-order valence-corrected chi connectivity index (χ0v) is 14.3. The molecule has 0 amide bonds. The Labute approximate surface area is 143 Å². The Morgan fingerprint density at radius 2 is 1.88 bits per heavy atom.